The van der Waals surface area contributed by atoms with Crippen LogP contribution in [0.15, 0.2) is 48.6 Å². The molecule has 0 radical (unpaired) electrons. The standard InChI is InChI=1S/C23H25ClF2N4O2S.C16H17ClN4OS.C7H10F2O2.C2HF3O2/c1-29(2)22(32)17-4-3-16(13-18(17)24)20-28-27-19(33-20)14-7-11-30(12-8-14)21(31)15-5-9-23(25,26)10-6-15;1-21(2)16(22)12-4-3-11(9-13(12)17)15-20-19-14(23-15)10-5-7-18-8-6-10;8-7(9)3-1-5(2-4-7)6(10)11;3-2(4,5)1(6)7/h3-4,7,13,15H,5-6,8-12H2,1-2H3;3-5,9,18H,6-8H2,1-2H3;5H,1-4H2,(H,10,11);(H,6,7). The SMILES string of the molecule is CN(C)C(=O)c1ccc(-c2nnc(C3=CCN(C(=O)C4CCC(F)(F)CC4)CC3)s2)cc1Cl.CN(C)C(=O)c1ccc(-c2nnc(C3=CCNCC3)s2)cc1Cl.O=C(O)C(F)(F)F.O=C(O)C1CCC(F)(F)CC1. The van der Waals surface area contributed by atoms with Gasteiger partial charge in [0, 0.05) is 90.6 Å². The van der Waals surface area contributed by atoms with E-state index in [1.54, 1.807) is 74.8 Å². The fourth-order valence-electron chi connectivity index (χ4n) is 7.78. The van der Waals surface area contributed by atoms with Crippen molar-refractivity contribution >= 4 is 86.7 Å². The number of hydrogen-bond donors (Lipinski definition) is 3. The van der Waals surface area contributed by atoms with E-state index < -0.39 is 35.9 Å². The highest BCUT2D eigenvalue weighted by Crippen LogP contribution is 2.39. The first kappa shape index (κ1) is 59.3. The highest BCUT2D eigenvalue weighted by atomic mass is 35.5. The smallest absolute Gasteiger partial charge is 0.481 e. The fraction of sp³-hybridized carbons (Fsp3) is 0.479. The number of halogens is 9. The average Bonchev–Trinajstić information content (AvgIpc) is 4.06. The third-order valence-corrected chi connectivity index (χ3v) is 14.8. The molecule has 4 aliphatic rings. The molecule has 2 aromatic heterocycles. The molecule has 0 atom stereocenters. The van der Waals surface area contributed by atoms with E-state index in [1.807, 2.05) is 12.1 Å². The van der Waals surface area contributed by atoms with E-state index in [1.165, 1.54) is 26.7 Å². The van der Waals surface area contributed by atoms with Gasteiger partial charge in [-0.05, 0) is 80.5 Å². The molecule has 8 rings (SSSR count). The van der Waals surface area contributed by atoms with Gasteiger partial charge in [-0.3, -0.25) is 19.2 Å². The molecule has 15 nitrogen and oxygen atoms in total. The Bertz CT molecular complexity index is 2720. The second-order valence-corrected chi connectivity index (χ2v) is 20.7. The van der Waals surface area contributed by atoms with Crippen LogP contribution in [0.2, 0.25) is 10.0 Å². The molecular weight excluding hydrogens is 1070 g/mol. The van der Waals surface area contributed by atoms with Crippen molar-refractivity contribution in [2.24, 2.45) is 11.8 Å². The summed E-state index contributed by atoms with van der Waals surface area (Å²) in [5, 5.41) is 40.0. The van der Waals surface area contributed by atoms with E-state index in [-0.39, 0.29) is 75.0 Å². The van der Waals surface area contributed by atoms with Crippen molar-refractivity contribution in [2.75, 3.05) is 54.4 Å². The molecule has 3 amide bonds. The molecule has 2 aliphatic heterocycles. The number of carboxylic acid groups (broad SMARTS) is 2. The molecule has 402 valence electrons. The number of aromatic nitrogens is 4. The Balaban J connectivity index is 0.000000212. The summed E-state index contributed by atoms with van der Waals surface area (Å²) in [5.74, 6) is -10.1. The number of benzene rings is 2. The third-order valence-electron chi connectivity index (χ3n) is 12.1. The molecule has 26 heteroatoms. The van der Waals surface area contributed by atoms with Gasteiger partial charge in [-0.1, -0.05) is 70.2 Å². The topological polar surface area (TPSA) is 199 Å². The predicted molar refractivity (Wildman–Crippen MR) is 267 cm³/mol. The molecular formula is C48H53Cl2F7N8O7S2. The van der Waals surface area contributed by atoms with Crippen molar-refractivity contribution in [1.29, 1.82) is 0 Å². The molecule has 74 heavy (non-hydrogen) atoms. The van der Waals surface area contributed by atoms with Crippen LogP contribution < -0.4 is 5.32 Å². The summed E-state index contributed by atoms with van der Waals surface area (Å²) < 4.78 is 83.4. The van der Waals surface area contributed by atoms with E-state index in [9.17, 15) is 49.9 Å². The second kappa shape index (κ2) is 25.8. The molecule has 2 fully saturated rings. The van der Waals surface area contributed by atoms with Gasteiger partial charge in [0.2, 0.25) is 17.8 Å². The number of alkyl halides is 7. The fourth-order valence-corrected chi connectivity index (χ4v) is 10.1. The van der Waals surface area contributed by atoms with Gasteiger partial charge in [0.25, 0.3) is 11.8 Å². The van der Waals surface area contributed by atoms with E-state index in [2.05, 4.69) is 31.8 Å². The van der Waals surface area contributed by atoms with Crippen LogP contribution in [0.3, 0.4) is 0 Å². The molecule has 0 bridgehead atoms. The molecule has 2 aliphatic carbocycles. The van der Waals surface area contributed by atoms with Crippen LogP contribution in [0.25, 0.3) is 32.3 Å². The van der Waals surface area contributed by atoms with Gasteiger partial charge >= 0.3 is 18.1 Å². The molecule has 2 saturated carbocycles. The van der Waals surface area contributed by atoms with E-state index in [0.717, 1.165) is 51.2 Å². The maximum absolute atomic E-state index is 13.4. The van der Waals surface area contributed by atoms with Crippen molar-refractivity contribution in [1.82, 2.24) is 40.4 Å². The van der Waals surface area contributed by atoms with Crippen molar-refractivity contribution in [2.45, 2.75) is 82.2 Å². The highest BCUT2D eigenvalue weighted by molar-refractivity contribution is 7.16. The summed E-state index contributed by atoms with van der Waals surface area (Å²) in [6, 6.07) is 10.6. The summed E-state index contributed by atoms with van der Waals surface area (Å²) in [6.45, 7) is 2.83. The largest absolute Gasteiger partial charge is 0.490 e. The minimum Gasteiger partial charge on any atom is -0.481 e. The number of carboxylic acids is 2. The monoisotopic (exact) mass is 1120 g/mol. The summed E-state index contributed by atoms with van der Waals surface area (Å²) in [7, 11) is 6.75. The van der Waals surface area contributed by atoms with Gasteiger partial charge in [0.05, 0.1) is 27.1 Å². The zero-order valence-corrected chi connectivity index (χ0v) is 43.6. The molecule has 0 saturated heterocycles. The lowest BCUT2D eigenvalue weighted by Crippen LogP contribution is -2.41. The Morgan fingerprint density at radius 1 is 0.676 bits per heavy atom. The number of aliphatic carboxylic acids is 2. The van der Waals surface area contributed by atoms with Gasteiger partial charge < -0.3 is 30.2 Å². The number of hydrogen-bond acceptors (Lipinski definition) is 12. The van der Waals surface area contributed by atoms with Crippen LogP contribution in [0.5, 0.6) is 0 Å². The quantitative estimate of drug-likeness (QED) is 0.141. The predicted octanol–water partition coefficient (Wildman–Crippen LogP) is 10.5. The zero-order valence-electron chi connectivity index (χ0n) is 40.5. The first-order valence-corrected chi connectivity index (χ1v) is 25.4. The number of carbonyl (C=O) groups excluding carboxylic acids is 3. The highest BCUT2D eigenvalue weighted by Gasteiger charge is 2.40. The molecule has 0 spiro atoms. The Labute approximate surface area is 439 Å². The summed E-state index contributed by atoms with van der Waals surface area (Å²) in [6.07, 6.45) is 0.403. The van der Waals surface area contributed by atoms with E-state index in [4.69, 9.17) is 38.2 Å². The van der Waals surface area contributed by atoms with Gasteiger partial charge in [-0.25, -0.2) is 22.4 Å². The van der Waals surface area contributed by atoms with Crippen LogP contribution in [-0.4, -0.2) is 147 Å². The number of nitrogens with one attached hydrogen (secondary N) is 1. The maximum atomic E-state index is 13.4. The minimum absolute atomic E-state index is 0.0271. The molecule has 4 heterocycles. The Kier molecular flexibility index (Phi) is 20.7. The second-order valence-electron chi connectivity index (χ2n) is 18.0. The molecule has 0 unspecified atom stereocenters. The zero-order chi connectivity index (χ0) is 54.7. The van der Waals surface area contributed by atoms with Crippen LogP contribution in [0.1, 0.15) is 94.9 Å². The number of amides is 3. The van der Waals surface area contributed by atoms with Gasteiger partial charge in [-0.2, -0.15) is 13.2 Å². The lowest BCUT2D eigenvalue weighted by Gasteiger charge is -2.33. The summed E-state index contributed by atoms with van der Waals surface area (Å²) in [4.78, 5) is 60.9. The third kappa shape index (κ3) is 16.7. The molecule has 3 N–H and O–H groups in total. The minimum atomic E-state index is -5.08. The van der Waals surface area contributed by atoms with E-state index >= 15 is 0 Å². The number of nitrogens with zero attached hydrogens (tertiary/aromatic N) is 7. The van der Waals surface area contributed by atoms with Crippen LogP contribution in [0, 0.1) is 11.8 Å². The van der Waals surface area contributed by atoms with Crippen LogP contribution >= 0.6 is 45.9 Å². The van der Waals surface area contributed by atoms with Gasteiger partial charge in [0.1, 0.15) is 20.0 Å². The normalized spacial score (nSPS) is 17.6. The average molecular weight is 1120 g/mol. The molecule has 2 aromatic carbocycles. The first-order valence-electron chi connectivity index (χ1n) is 23.0. The summed E-state index contributed by atoms with van der Waals surface area (Å²) >= 11 is 15.6. The first-order chi connectivity index (χ1) is 34.7. The molecule has 4 aromatic rings. The summed E-state index contributed by atoms with van der Waals surface area (Å²) in [5.41, 5.74) is 4.83. The lowest BCUT2D eigenvalue weighted by molar-refractivity contribution is -0.192. The Hall–Kier alpha value is -5.56. The van der Waals surface area contributed by atoms with E-state index in [0.29, 0.717) is 45.7 Å². The van der Waals surface area contributed by atoms with Crippen molar-refractivity contribution in [3.8, 4) is 21.1 Å². The maximum Gasteiger partial charge on any atom is 0.490 e. The van der Waals surface area contributed by atoms with Gasteiger partial charge in [-0.15, -0.1) is 20.4 Å². The lowest BCUT2D eigenvalue weighted by atomic mass is 9.85. The van der Waals surface area contributed by atoms with Crippen LogP contribution in [-0.2, 0) is 14.4 Å². The van der Waals surface area contributed by atoms with Crippen LogP contribution in [0.4, 0.5) is 30.7 Å². The van der Waals surface area contributed by atoms with Gasteiger partial charge in [0.15, 0.2) is 0 Å². The Morgan fingerprint density at radius 3 is 1.45 bits per heavy atom. The Morgan fingerprint density at radius 2 is 1.09 bits per heavy atom. The number of rotatable bonds is 8. The number of carbonyl (C=O) groups is 5. The van der Waals surface area contributed by atoms with Crippen molar-refractivity contribution < 1.29 is 64.9 Å². The van der Waals surface area contributed by atoms with Crippen molar-refractivity contribution in [3.05, 3.63) is 79.7 Å². The van der Waals surface area contributed by atoms with Crippen molar-refractivity contribution in [3.63, 3.8) is 0 Å².